The van der Waals surface area contributed by atoms with Crippen LogP contribution in [0.1, 0.15) is 32.1 Å². The van der Waals surface area contributed by atoms with Crippen molar-refractivity contribution in [2.45, 2.75) is 44.0 Å². The average molecular weight is 244 g/mol. The van der Waals surface area contributed by atoms with Gasteiger partial charge in [0.1, 0.15) is 12.6 Å². The number of nitrogens with two attached hydrogens (primary N) is 1. The molecule has 1 aliphatic heterocycles. The molecule has 1 saturated carbocycles. The van der Waals surface area contributed by atoms with Crippen LogP contribution in [-0.4, -0.2) is 52.2 Å². The highest BCUT2D eigenvalue weighted by Crippen LogP contribution is 2.38. The number of ether oxygens (including phenoxy) is 2. The summed E-state index contributed by atoms with van der Waals surface area (Å²) in [6.07, 6.45) is 6.34. The normalized spacial score (nSPS) is 27.4. The van der Waals surface area contributed by atoms with Gasteiger partial charge in [0.25, 0.3) is 0 Å². The molecule has 0 bridgehead atoms. The molecule has 0 unspecified atom stereocenters. The molecule has 0 radical (unpaired) electrons. The average Bonchev–Trinajstić information content (AvgIpc) is 2.89. The van der Waals surface area contributed by atoms with E-state index in [1.807, 2.05) is 0 Å². The van der Waals surface area contributed by atoms with Crippen LogP contribution < -0.4 is 10.2 Å². The van der Waals surface area contributed by atoms with Gasteiger partial charge in [-0.05, 0) is 12.8 Å². The van der Waals surface area contributed by atoms with Crippen molar-refractivity contribution < 1.29 is 19.7 Å². The minimum Gasteiger partial charge on any atom is -0.347 e. The summed E-state index contributed by atoms with van der Waals surface area (Å²) in [5, 5.41) is 2.38. The fraction of sp³-hybridized carbons (Fsp3) is 1.00. The zero-order chi connectivity index (χ0) is 12.1. The second-order valence-electron chi connectivity index (χ2n) is 5.79. The van der Waals surface area contributed by atoms with Crippen molar-refractivity contribution in [2.24, 2.45) is 0 Å². The molecule has 4 nitrogen and oxygen atoms in total. The van der Waals surface area contributed by atoms with Crippen LogP contribution >= 0.6 is 0 Å². The lowest BCUT2D eigenvalue weighted by molar-refractivity contribution is -0.860. The molecule has 1 saturated heterocycles. The standard InChI is InChI=1S/C13H26N2O2/c1-15(2)9-5-8-14-10-12-11-16-13(17-12)6-3-4-7-13/h12,14H,3-11H2,1-2H3/p+2/t12-/m1/s1. The van der Waals surface area contributed by atoms with Gasteiger partial charge in [0, 0.05) is 19.3 Å². The maximum Gasteiger partial charge on any atom is 0.169 e. The third-order valence-electron chi connectivity index (χ3n) is 3.79. The van der Waals surface area contributed by atoms with E-state index in [-0.39, 0.29) is 5.79 Å². The van der Waals surface area contributed by atoms with Crippen molar-refractivity contribution >= 4 is 0 Å². The third kappa shape index (κ3) is 3.91. The van der Waals surface area contributed by atoms with Crippen LogP contribution in [-0.2, 0) is 9.47 Å². The molecule has 0 aromatic heterocycles. The summed E-state index contributed by atoms with van der Waals surface area (Å²) >= 11 is 0. The van der Waals surface area contributed by atoms with Gasteiger partial charge in [-0.3, -0.25) is 0 Å². The maximum absolute atomic E-state index is 6.08. The molecule has 1 heterocycles. The molecular weight excluding hydrogens is 216 g/mol. The molecule has 2 aliphatic rings. The van der Waals surface area contributed by atoms with Gasteiger partial charge >= 0.3 is 0 Å². The number of hydrogen-bond donors (Lipinski definition) is 2. The first-order chi connectivity index (χ1) is 8.20. The van der Waals surface area contributed by atoms with Crippen LogP contribution in [0.2, 0.25) is 0 Å². The van der Waals surface area contributed by atoms with Crippen molar-refractivity contribution in [3.63, 3.8) is 0 Å². The van der Waals surface area contributed by atoms with E-state index in [1.54, 1.807) is 0 Å². The van der Waals surface area contributed by atoms with Crippen LogP contribution in [0, 0.1) is 0 Å². The molecule has 100 valence electrons. The smallest absolute Gasteiger partial charge is 0.169 e. The SMILES string of the molecule is C[NH+](C)CCC[NH2+]C[C@@H]1COC2(CCCC2)O1. The van der Waals surface area contributed by atoms with Crippen molar-refractivity contribution in [3.05, 3.63) is 0 Å². The monoisotopic (exact) mass is 244 g/mol. The Balaban J connectivity index is 1.55. The number of hydrogen-bond acceptors (Lipinski definition) is 2. The highest BCUT2D eigenvalue weighted by Gasteiger charge is 2.43. The Hall–Kier alpha value is -0.160. The van der Waals surface area contributed by atoms with Crippen LogP contribution in [0.15, 0.2) is 0 Å². The molecular formula is C13H28N2O2+2. The van der Waals surface area contributed by atoms with E-state index in [9.17, 15) is 0 Å². The zero-order valence-corrected chi connectivity index (χ0v) is 11.3. The fourth-order valence-corrected chi connectivity index (χ4v) is 2.81. The Morgan fingerprint density at radius 2 is 2.06 bits per heavy atom. The van der Waals surface area contributed by atoms with E-state index in [4.69, 9.17) is 9.47 Å². The largest absolute Gasteiger partial charge is 0.347 e. The molecule has 17 heavy (non-hydrogen) atoms. The molecule has 2 fully saturated rings. The summed E-state index contributed by atoms with van der Waals surface area (Å²) in [5.41, 5.74) is 0. The fourth-order valence-electron chi connectivity index (χ4n) is 2.81. The van der Waals surface area contributed by atoms with Gasteiger partial charge in [0.15, 0.2) is 5.79 Å². The van der Waals surface area contributed by atoms with Crippen molar-refractivity contribution in [2.75, 3.05) is 40.3 Å². The lowest BCUT2D eigenvalue weighted by Crippen LogP contribution is -3.06. The molecule has 1 spiro atoms. The molecule has 2 rings (SSSR count). The number of nitrogens with one attached hydrogen (secondary N) is 1. The Kier molecular flexibility index (Phi) is 4.79. The summed E-state index contributed by atoms with van der Waals surface area (Å²) in [7, 11) is 4.41. The van der Waals surface area contributed by atoms with Crippen LogP contribution in [0.3, 0.4) is 0 Å². The number of rotatable bonds is 6. The van der Waals surface area contributed by atoms with Crippen molar-refractivity contribution in [3.8, 4) is 0 Å². The van der Waals surface area contributed by atoms with Crippen molar-refractivity contribution in [1.29, 1.82) is 0 Å². The van der Waals surface area contributed by atoms with E-state index >= 15 is 0 Å². The van der Waals surface area contributed by atoms with Gasteiger partial charge < -0.3 is 19.7 Å². The van der Waals surface area contributed by atoms with Gasteiger partial charge in [-0.1, -0.05) is 0 Å². The molecule has 0 amide bonds. The lowest BCUT2D eigenvalue weighted by Gasteiger charge is -2.21. The molecule has 4 heteroatoms. The van der Waals surface area contributed by atoms with E-state index in [1.165, 1.54) is 37.3 Å². The third-order valence-corrected chi connectivity index (χ3v) is 3.79. The highest BCUT2D eigenvalue weighted by molar-refractivity contribution is 4.83. The van der Waals surface area contributed by atoms with E-state index in [2.05, 4.69) is 19.4 Å². The molecule has 1 aliphatic carbocycles. The highest BCUT2D eigenvalue weighted by atomic mass is 16.7. The predicted molar refractivity (Wildman–Crippen MR) is 66.0 cm³/mol. The van der Waals surface area contributed by atoms with Crippen LogP contribution in [0.25, 0.3) is 0 Å². The minimum atomic E-state index is -0.174. The maximum atomic E-state index is 6.08. The first-order valence-corrected chi connectivity index (χ1v) is 7.13. The summed E-state index contributed by atoms with van der Waals surface area (Å²) in [6.45, 7) is 4.32. The number of quaternary nitrogens is 2. The first kappa shape index (κ1) is 13.3. The summed E-state index contributed by atoms with van der Waals surface area (Å²) < 4.78 is 11.9. The predicted octanol–water partition coefficient (Wildman–Crippen LogP) is -1.23. The van der Waals surface area contributed by atoms with Crippen molar-refractivity contribution in [1.82, 2.24) is 0 Å². The van der Waals surface area contributed by atoms with Crippen LogP contribution in [0.4, 0.5) is 0 Å². The van der Waals surface area contributed by atoms with E-state index < -0.39 is 0 Å². The molecule has 1 atom stereocenters. The van der Waals surface area contributed by atoms with Gasteiger partial charge in [-0.2, -0.15) is 0 Å². The van der Waals surface area contributed by atoms with Gasteiger partial charge in [0.05, 0.1) is 33.8 Å². The van der Waals surface area contributed by atoms with E-state index in [0.717, 1.165) is 26.0 Å². The summed E-state index contributed by atoms with van der Waals surface area (Å²) in [6, 6.07) is 0. The lowest BCUT2D eigenvalue weighted by atomic mass is 10.2. The second-order valence-corrected chi connectivity index (χ2v) is 5.79. The Morgan fingerprint density at radius 1 is 1.29 bits per heavy atom. The molecule has 0 aromatic rings. The van der Waals surface area contributed by atoms with Gasteiger partial charge in [0.2, 0.25) is 0 Å². The zero-order valence-electron chi connectivity index (χ0n) is 11.3. The minimum absolute atomic E-state index is 0.174. The topological polar surface area (TPSA) is 39.5 Å². The Morgan fingerprint density at radius 3 is 2.76 bits per heavy atom. The second kappa shape index (κ2) is 6.14. The summed E-state index contributed by atoms with van der Waals surface area (Å²) in [5.74, 6) is -0.174. The molecule has 0 aromatic carbocycles. The Labute approximate surface area is 105 Å². The van der Waals surface area contributed by atoms with Crippen LogP contribution in [0.5, 0.6) is 0 Å². The van der Waals surface area contributed by atoms with Gasteiger partial charge in [-0.15, -0.1) is 0 Å². The Bertz CT molecular complexity index is 227. The quantitative estimate of drug-likeness (QED) is 0.574. The molecule has 3 N–H and O–H groups in total. The van der Waals surface area contributed by atoms with E-state index in [0.29, 0.717) is 6.10 Å². The first-order valence-electron chi connectivity index (χ1n) is 7.13. The summed E-state index contributed by atoms with van der Waals surface area (Å²) in [4.78, 5) is 1.53. The van der Waals surface area contributed by atoms with Gasteiger partial charge in [-0.25, -0.2) is 0 Å².